The van der Waals surface area contributed by atoms with E-state index in [-0.39, 0.29) is 19.0 Å². The van der Waals surface area contributed by atoms with E-state index in [0.29, 0.717) is 0 Å². The molecule has 1 heterocycles. The van der Waals surface area contributed by atoms with Gasteiger partial charge in [-0.3, -0.25) is 14.4 Å². The van der Waals surface area contributed by atoms with Gasteiger partial charge in [0.05, 0.1) is 12.9 Å². The summed E-state index contributed by atoms with van der Waals surface area (Å²) < 4.78 is 11.9. The first-order valence-corrected chi connectivity index (χ1v) is 6.83. The Labute approximate surface area is 102 Å². The second-order valence-electron chi connectivity index (χ2n) is 3.69. The smallest absolute Gasteiger partial charge is 0.349 e. The third-order valence-corrected chi connectivity index (χ3v) is 2.71. The lowest BCUT2D eigenvalue weighted by atomic mass is 10.3. The number of nitrogens with one attached hydrogen (secondary N) is 1. The van der Waals surface area contributed by atoms with Crippen molar-refractivity contribution in [2.24, 2.45) is 0 Å². The molecule has 1 aromatic heterocycles. The molecule has 9 nitrogen and oxygen atoms in total. The molecule has 0 aromatic carbocycles. The summed E-state index contributed by atoms with van der Waals surface area (Å²) in [6.07, 6.45) is 0.821. The van der Waals surface area contributed by atoms with E-state index in [9.17, 15) is 9.36 Å². The van der Waals surface area contributed by atoms with Crippen LogP contribution in [0.1, 0.15) is 0 Å². The van der Waals surface area contributed by atoms with E-state index in [2.05, 4.69) is 10.3 Å². The predicted octanol–water partition coefficient (Wildman–Crippen LogP) is -2.09. The largest absolute Gasteiger partial charge is 0.395 e. The lowest BCUT2D eigenvalue weighted by Crippen LogP contribution is -2.40. The molecule has 0 spiro atoms. The van der Waals surface area contributed by atoms with Crippen LogP contribution in [0.2, 0.25) is 0 Å². The van der Waals surface area contributed by atoms with Crippen molar-refractivity contribution < 1.29 is 19.5 Å². The lowest BCUT2D eigenvalue weighted by Gasteiger charge is -2.17. The van der Waals surface area contributed by atoms with Crippen LogP contribution < -0.4 is 16.7 Å². The van der Waals surface area contributed by atoms with Crippen molar-refractivity contribution >= 4 is 13.4 Å². The SMILES string of the molecule is Nc1ccn(CC(CO)NCP(=O)(O)O)c(=O)n1. The van der Waals surface area contributed by atoms with Crippen LogP contribution in [0.3, 0.4) is 0 Å². The highest BCUT2D eigenvalue weighted by Gasteiger charge is 2.16. The summed E-state index contributed by atoms with van der Waals surface area (Å²) in [6, 6.07) is 0.750. The molecule has 1 aromatic rings. The highest BCUT2D eigenvalue weighted by molar-refractivity contribution is 7.51. The van der Waals surface area contributed by atoms with Gasteiger partial charge in [0.25, 0.3) is 0 Å². The van der Waals surface area contributed by atoms with Crippen molar-refractivity contribution in [1.82, 2.24) is 14.9 Å². The summed E-state index contributed by atoms with van der Waals surface area (Å²) in [5.74, 6) is 0.0833. The minimum absolute atomic E-state index is 0.0304. The maximum absolute atomic E-state index is 11.4. The maximum atomic E-state index is 11.4. The summed E-state index contributed by atoms with van der Waals surface area (Å²) in [4.78, 5) is 32.3. The summed E-state index contributed by atoms with van der Waals surface area (Å²) in [5, 5.41) is 11.5. The fourth-order valence-corrected chi connectivity index (χ4v) is 1.75. The van der Waals surface area contributed by atoms with E-state index < -0.39 is 25.6 Å². The van der Waals surface area contributed by atoms with Gasteiger partial charge in [-0.15, -0.1) is 0 Å². The molecular weight excluding hydrogens is 263 g/mol. The highest BCUT2D eigenvalue weighted by atomic mass is 31.2. The Morgan fingerprint density at radius 2 is 2.22 bits per heavy atom. The molecule has 1 unspecified atom stereocenters. The van der Waals surface area contributed by atoms with Gasteiger partial charge in [-0.1, -0.05) is 0 Å². The van der Waals surface area contributed by atoms with Crippen LogP contribution >= 0.6 is 7.60 Å². The third-order valence-electron chi connectivity index (χ3n) is 2.12. The molecule has 18 heavy (non-hydrogen) atoms. The van der Waals surface area contributed by atoms with Gasteiger partial charge >= 0.3 is 13.3 Å². The Morgan fingerprint density at radius 1 is 1.56 bits per heavy atom. The van der Waals surface area contributed by atoms with E-state index in [0.717, 1.165) is 0 Å². The average molecular weight is 278 g/mol. The maximum Gasteiger partial charge on any atom is 0.349 e. The number of anilines is 1. The van der Waals surface area contributed by atoms with Gasteiger partial charge < -0.3 is 20.6 Å². The molecular formula is C8H15N4O5P. The topological polar surface area (TPSA) is 151 Å². The lowest BCUT2D eigenvalue weighted by molar-refractivity contribution is 0.229. The molecule has 6 N–H and O–H groups in total. The number of nitrogens with zero attached hydrogens (tertiary/aromatic N) is 2. The van der Waals surface area contributed by atoms with Crippen LogP contribution in [-0.2, 0) is 11.1 Å². The first-order valence-electron chi connectivity index (χ1n) is 5.03. The number of aliphatic hydroxyl groups is 1. The molecule has 10 heteroatoms. The number of hydrogen-bond donors (Lipinski definition) is 5. The average Bonchev–Trinajstić information content (AvgIpc) is 2.25. The molecule has 0 bridgehead atoms. The highest BCUT2D eigenvalue weighted by Crippen LogP contribution is 2.32. The zero-order valence-corrected chi connectivity index (χ0v) is 10.3. The van der Waals surface area contributed by atoms with E-state index in [1.54, 1.807) is 0 Å². The Kier molecular flexibility index (Phi) is 5.00. The number of rotatable bonds is 6. The van der Waals surface area contributed by atoms with Crippen molar-refractivity contribution in [3.8, 4) is 0 Å². The Hall–Kier alpha value is -1.25. The quantitative estimate of drug-likeness (QED) is 0.372. The van der Waals surface area contributed by atoms with Crippen LogP contribution in [0.15, 0.2) is 17.1 Å². The van der Waals surface area contributed by atoms with Crippen LogP contribution in [-0.4, -0.2) is 43.4 Å². The predicted molar refractivity (Wildman–Crippen MR) is 63.8 cm³/mol. The van der Waals surface area contributed by atoms with Crippen molar-refractivity contribution in [2.75, 3.05) is 18.6 Å². The van der Waals surface area contributed by atoms with Gasteiger partial charge in [0.2, 0.25) is 0 Å². The molecule has 0 fully saturated rings. The van der Waals surface area contributed by atoms with Gasteiger partial charge in [-0.25, -0.2) is 4.79 Å². The molecule has 0 aliphatic heterocycles. The molecule has 0 radical (unpaired) electrons. The first kappa shape index (κ1) is 14.8. The fourth-order valence-electron chi connectivity index (χ4n) is 1.25. The Balaban J connectivity index is 2.68. The van der Waals surface area contributed by atoms with E-state index in [1.165, 1.54) is 16.8 Å². The molecule has 1 atom stereocenters. The summed E-state index contributed by atoms with van der Waals surface area (Å²) >= 11 is 0. The van der Waals surface area contributed by atoms with E-state index in [1.807, 2.05) is 0 Å². The van der Waals surface area contributed by atoms with Gasteiger partial charge in [0.1, 0.15) is 5.82 Å². The minimum Gasteiger partial charge on any atom is -0.395 e. The fraction of sp³-hybridized carbons (Fsp3) is 0.500. The molecule has 1 rings (SSSR count). The van der Waals surface area contributed by atoms with Crippen molar-refractivity contribution in [3.63, 3.8) is 0 Å². The van der Waals surface area contributed by atoms with Gasteiger partial charge in [-0.05, 0) is 6.07 Å². The number of aliphatic hydroxyl groups excluding tert-OH is 1. The molecule has 102 valence electrons. The number of aromatic nitrogens is 2. The Morgan fingerprint density at radius 3 is 2.72 bits per heavy atom. The van der Waals surface area contributed by atoms with Crippen LogP contribution in [0.4, 0.5) is 5.82 Å². The van der Waals surface area contributed by atoms with Gasteiger partial charge in [0.15, 0.2) is 0 Å². The van der Waals surface area contributed by atoms with Crippen LogP contribution in [0, 0.1) is 0 Å². The third kappa shape index (κ3) is 4.94. The molecule has 0 saturated heterocycles. The second-order valence-corrected chi connectivity index (χ2v) is 5.34. The second kappa shape index (κ2) is 6.07. The molecule has 0 saturated carbocycles. The van der Waals surface area contributed by atoms with E-state index >= 15 is 0 Å². The molecule has 0 aliphatic rings. The normalized spacial score (nSPS) is 13.5. The van der Waals surface area contributed by atoms with Gasteiger partial charge in [0, 0.05) is 18.8 Å². The van der Waals surface area contributed by atoms with Crippen molar-refractivity contribution in [3.05, 3.63) is 22.7 Å². The first-order chi connectivity index (χ1) is 8.31. The zero-order valence-electron chi connectivity index (χ0n) is 9.43. The minimum atomic E-state index is -4.20. The zero-order chi connectivity index (χ0) is 13.8. The van der Waals surface area contributed by atoms with Crippen LogP contribution in [0.5, 0.6) is 0 Å². The number of nitrogens with two attached hydrogens (primary N) is 1. The Bertz CT molecular complexity index is 499. The summed E-state index contributed by atoms with van der Waals surface area (Å²) in [5.41, 5.74) is 4.72. The standard InChI is InChI=1S/C8H15N4O5P/c9-7-1-2-12(8(14)11-7)3-6(4-13)10-5-18(15,16)17/h1-2,6,10,13H,3-5H2,(H2,9,11,14)(H2,15,16,17). The van der Waals surface area contributed by atoms with Crippen LogP contribution in [0.25, 0.3) is 0 Å². The van der Waals surface area contributed by atoms with Crippen molar-refractivity contribution in [1.29, 1.82) is 0 Å². The molecule has 0 amide bonds. The number of hydrogen-bond acceptors (Lipinski definition) is 6. The molecule has 0 aliphatic carbocycles. The van der Waals surface area contributed by atoms with Crippen molar-refractivity contribution in [2.45, 2.75) is 12.6 Å². The summed E-state index contributed by atoms with van der Waals surface area (Å²) in [6.45, 7) is -0.348. The number of nitrogen functional groups attached to an aromatic ring is 1. The monoisotopic (exact) mass is 278 g/mol. The van der Waals surface area contributed by atoms with Gasteiger partial charge in [-0.2, -0.15) is 4.98 Å². The van der Waals surface area contributed by atoms with E-state index in [4.69, 9.17) is 20.6 Å². The summed E-state index contributed by atoms with van der Waals surface area (Å²) in [7, 11) is -4.20.